The van der Waals surface area contributed by atoms with E-state index in [1.54, 1.807) is 7.05 Å². The molecule has 1 aromatic heterocycles. The Morgan fingerprint density at radius 1 is 1.22 bits per heavy atom. The van der Waals surface area contributed by atoms with Crippen molar-refractivity contribution in [1.82, 2.24) is 25.4 Å². The van der Waals surface area contributed by atoms with Crippen molar-refractivity contribution in [2.45, 2.75) is 20.0 Å². The van der Waals surface area contributed by atoms with E-state index in [4.69, 9.17) is 0 Å². The van der Waals surface area contributed by atoms with Crippen molar-refractivity contribution in [3.63, 3.8) is 0 Å². The van der Waals surface area contributed by atoms with Crippen LogP contribution in [0.1, 0.15) is 17.2 Å². The van der Waals surface area contributed by atoms with Crippen LogP contribution in [0.5, 0.6) is 0 Å². The molecular formula is C14H19F2IN6. The van der Waals surface area contributed by atoms with Gasteiger partial charge in [-0.3, -0.25) is 4.99 Å². The Morgan fingerprint density at radius 3 is 2.52 bits per heavy atom. The first-order chi connectivity index (χ1) is 10.5. The van der Waals surface area contributed by atoms with E-state index in [9.17, 15) is 8.78 Å². The molecule has 2 aromatic rings. The normalized spacial score (nSPS) is 11.1. The van der Waals surface area contributed by atoms with Gasteiger partial charge in [-0.1, -0.05) is 0 Å². The van der Waals surface area contributed by atoms with Gasteiger partial charge in [0.15, 0.2) is 11.8 Å². The molecule has 1 aromatic carbocycles. The van der Waals surface area contributed by atoms with Crippen LogP contribution < -0.4 is 10.6 Å². The maximum absolute atomic E-state index is 13.5. The van der Waals surface area contributed by atoms with Crippen LogP contribution in [-0.4, -0.2) is 27.8 Å². The number of hydrogen-bond donors (Lipinski definition) is 2. The number of aryl methyl sites for hydroxylation is 1. The van der Waals surface area contributed by atoms with Crippen molar-refractivity contribution in [2.75, 3.05) is 7.05 Å². The van der Waals surface area contributed by atoms with Gasteiger partial charge in [-0.15, -0.1) is 34.2 Å². The van der Waals surface area contributed by atoms with Crippen molar-refractivity contribution < 1.29 is 8.78 Å². The summed E-state index contributed by atoms with van der Waals surface area (Å²) in [5, 5.41) is 13.9. The Hall–Kier alpha value is -1.78. The van der Waals surface area contributed by atoms with Crippen LogP contribution in [0, 0.1) is 18.6 Å². The second-order valence-corrected chi connectivity index (χ2v) is 4.74. The van der Waals surface area contributed by atoms with Crippen LogP contribution in [0.3, 0.4) is 0 Å². The second kappa shape index (κ2) is 8.75. The van der Waals surface area contributed by atoms with E-state index in [2.05, 4.69) is 25.8 Å². The van der Waals surface area contributed by atoms with Crippen LogP contribution in [0.25, 0.3) is 0 Å². The van der Waals surface area contributed by atoms with Crippen molar-refractivity contribution in [3.8, 4) is 0 Å². The molecule has 0 fully saturated rings. The lowest BCUT2D eigenvalue weighted by Gasteiger charge is -2.12. The molecule has 23 heavy (non-hydrogen) atoms. The fraction of sp³-hybridized carbons (Fsp3) is 0.357. The van der Waals surface area contributed by atoms with Gasteiger partial charge in [-0.05, 0) is 25.1 Å². The van der Waals surface area contributed by atoms with E-state index in [-0.39, 0.29) is 36.1 Å². The van der Waals surface area contributed by atoms with E-state index in [0.29, 0.717) is 12.5 Å². The molecule has 0 unspecified atom stereocenters. The number of aliphatic imine (C=N–C) groups is 1. The Morgan fingerprint density at radius 2 is 1.91 bits per heavy atom. The van der Waals surface area contributed by atoms with E-state index in [0.717, 1.165) is 29.8 Å². The summed E-state index contributed by atoms with van der Waals surface area (Å²) in [6, 6.07) is 3.34. The van der Waals surface area contributed by atoms with Crippen LogP contribution >= 0.6 is 24.0 Å². The Balaban J connectivity index is 0.00000264. The number of benzene rings is 1. The summed E-state index contributed by atoms with van der Waals surface area (Å²) in [6.45, 7) is 2.40. The minimum Gasteiger partial charge on any atom is -0.352 e. The van der Waals surface area contributed by atoms with Crippen molar-refractivity contribution in [1.29, 1.82) is 0 Å². The standard InChI is InChI=1S/C14H18F2N6.HI/c1-9-20-21-13(22(9)3)8-19-14(17-2)18-7-10-6-11(15)4-5-12(10)16;/h4-6H,7-8H2,1-3H3,(H2,17,18,19);1H. The molecule has 0 atom stereocenters. The molecule has 0 aliphatic rings. The summed E-state index contributed by atoms with van der Waals surface area (Å²) in [5.74, 6) is 1.08. The minimum atomic E-state index is -0.476. The lowest BCUT2D eigenvalue weighted by Crippen LogP contribution is -2.37. The zero-order chi connectivity index (χ0) is 16.1. The SMILES string of the molecule is CN=C(NCc1cc(F)ccc1F)NCc1nnc(C)n1C.I. The van der Waals surface area contributed by atoms with E-state index >= 15 is 0 Å². The summed E-state index contributed by atoms with van der Waals surface area (Å²) in [4.78, 5) is 4.03. The van der Waals surface area contributed by atoms with E-state index in [1.807, 2.05) is 18.5 Å². The van der Waals surface area contributed by atoms with Crippen molar-refractivity contribution >= 4 is 29.9 Å². The fourth-order valence-electron chi connectivity index (χ4n) is 1.85. The first-order valence-corrected chi connectivity index (χ1v) is 6.74. The highest BCUT2D eigenvalue weighted by Gasteiger charge is 2.07. The quantitative estimate of drug-likeness (QED) is 0.437. The highest BCUT2D eigenvalue weighted by molar-refractivity contribution is 14.0. The number of halogens is 3. The molecule has 6 nitrogen and oxygen atoms in total. The van der Waals surface area contributed by atoms with Gasteiger partial charge < -0.3 is 15.2 Å². The van der Waals surface area contributed by atoms with Gasteiger partial charge in [-0.25, -0.2) is 8.78 Å². The first kappa shape index (κ1) is 19.3. The zero-order valence-corrected chi connectivity index (χ0v) is 15.4. The maximum atomic E-state index is 13.5. The molecule has 9 heteroatoms. The molecule has 0 aliphatic carbocycles. The van der Waals surface area contributed by atoms with Crippen LogP contribution in [0.4, 0.5) is 8.78 Å². The van der Waals surface area contributed by atoms with Crippen LogP contribution in [0.15, 0.2) is 23.2 Å². The number of nitrogens with one attached hydrogen (secondary N) is 2. The molecule has 0 spiro atoms. The molecular weight excluding hydrogens is 417 g/mol. The third kappa shape index (κ3) is 5.12. The molecule has 0 radical (unpaired) electrons. The van der Waals surface area contributed by atoms with Gasteiger partial charge in [0.05, 0.1) is 6.54 Å². The average molecular weight is 436 g/mol. The molecule has 0 saturated heterocycles. The summed E-state index contributed by atoms with van der Waals surface area (Å²) < 4.78 is 28.5. The summed E-state index contributed by atoms with van der Waals surface area (Å²) in [6.07, 6.45) is 0. The topological polar surface area (TPSA) is 67.1 Å². The van der Waals surface area contributed by atoms with Crippen molar-refractivity contribution in [2.24, 2.45) is 12.0 Å². The van der Waals surface area contributed by atoms with Crippen LogP contribution in [0.2, 0.25) is 0 Å². The number of guanidine groups is 1. The summed E-state index contributed by atoms with van der Waals surface area (Å²) in [7, 11) is 3.46. The molecule has 2 rings (SSSR count). The fourth-order valence-corrected chi connectivity index (χ4v) is 1.85. The smallest absolute Gasteiger partial charge is 0.191 e. The number of nitrogens with zero attached hydrogens (tertiary/aromatic N) is 4. The molecule has 0 bridgehead atoms. The highest BCUT2D eigenvalue weighted by Crippen LogP contribution is 2.09. The third-order valence-corrected chi connectivity index (χ3v) is 3.27. The zero-order valence-electron chi connectivity index (χ0n) is 13.1. The summed E-state index contributed by atoms with van der Waals surface area (Å²) >= 11 is 0. The lowest BCUT2D eigenvalue weighted by atomic mass is 10.2. The van der Waals surface area contributed by atoms with Gasteiger partial charge in [-0.2, -0.15) is 0 Å². The summed E-state index contributed by atoms with van der Waals surface area (Å²) in [5.41, 5.74) is 0.234. The number of rotatable bonds is 4. The predicted molar refractivity (Wildman–Crippen MR) is 94.6 cm³/mol. The lowest BCUT2D eigenvalue weighted by molar-refractivity contribution is 0.581. The third-order valence-electron chi connectivity index (χ3n) is 3.27. The van der Waals surface area contributed by atoms with Gasteiger partial charge in [0.1, 0.15) is 17.5 Å². The van der Waals surface area contributed by atoms with Gasteiger partial charge >= 0.3 is 0 Å². The Bertz CT molecular complexity index is 686. The molecule has 0 saturated carbocycles. The maximum Gasteiger partial charge on any atom is 0.191 e. The van der Waals surface area contributed by atoms with E-state index in [1.165, 1.54) is 0 Å². The highest BCUT2D eigenvalue weighted by atomic mass is 127. The monoisotopic (exact) mass is 436 g/mol. The number of hydrogen-bond acceptors (Lipinski definition) is 3. The first-order valence-electron chi connectivity index (χ1n) is 6.74. The van der Waals surface area contributed by atoms with E-state index < -0.39 is 11.6 Å². The van der Waals surface area contributed by atoms with Gasteiger partial charge in [0.2, 0.25) is 0 Å². The predicted octanol–water partition coefficient (Wildman–Crippen LogP) is 1.88. The van der Waals surface area contributed by atoms with Gasteiger partial charge in [0.25, 0.3) is 0 Å². The van der Waals surface area contributed by atoms with Gasteiger partial charge in [0, 0.05) is 26.2 Å². The number of aromatic nitrogens is 3. The van der Waals surface area contributed by atoms with Crippen LogP contribution in [-0.2, 0) is 20.1 Å². The van der Waals surface area contributed by atoms with Crippen molar-refractivity contribution in [3.05, 3.63) is 47.0 Å². The molecule has 2 N–H and O–H groups in total. The average Bonchev–Trinajstić information content (AvgIpc) is 2.82. The molecule has 1 heterocycles. The second-order valence-electron chi connectivity index (χ2n) is 4.74. The molecule has 126 valence electrons. The molecule has 0 aliphatic heterocycles. The largest absolute Gasteiger partial charge is 0.352 e. The Kier molecular flexibility index (Phi) is 7.33. The minimum absolute atomic E-state index is 0. The molecule has 0 amide bonds. The Labute approximate surface area is 150 Å².